The lowest BCUT2D eigenvalue weighted by Crippen LogP contribution is -2.08. The van der Waals surface area contributed by atoms with Gasteiger partial charge in [-0.2, -0.15) is 0 Å². The van der Waals surface area contributed by atoms with E-state index in [-0.39, 0.29) is 0 Å². The number of rotatable bonds is 1. The van der Waals surface area contributed by atoms with Gasteiger partial charge in [-0.05, 0) is 25.0 Å². The Labute approximate surface area is 116 Å². The first-order valence-electron chi connectivity index (χ1n) is 7.02. The molecular formula is C16H14N4. The second-order valence-corrected chi connectivity index (χ2v) is 5.88. The highest BCUT2D eigenvalue weighted by Gasteiger charge is 2.49. The van der Waals surface area contributed by atoms with Gasteiger partial charge in [-0.25, -0.2) is 4.98 Å². The van der Waals surface area contributed by atoms with Crippen LogP contribution >= 0.6 is 0 Å². The van der Waals surface area contributed by atoms with E-state index in [4.69, 9.17) is 0 Å². The fourth-order valence-electron chi connectivity index (χ4n) is 3.30. The summed E-state index contributed by atoms with van der Waals surface area (Å²) >= 11 is 0. The molecule has 0 unspecified atom stereocenters. The largest absolute Gasteiger partial charge is 0.369 e. The van der Waals surface area contributed by atoms with Crippen molar-refractivity contribution in [1.29, 1.82) is 0 Å². The number of H-pyrrole nitrogens is 1. The van der Waals surface area contributed by atoms with Gasteiger partial charge < -0.3 is 10.3 Å². The third kappa shape index (κ3) is 1.26. The molecule has 1 aliphatic carbocycles. The molecule has 0 atom stereocenters. The molecule has 5 rings (SSSR count). The Morgan fingerprint density at radius 2 is 2.15 bits per heavy atom. The quantitative estimate of drug-likeness (QED) is 0.708. The van der Waals surface area contributed by atoms with Crippen LogP contribution in [0.1, 0.15) is 18.4 Å². The number of pyridine rings is 2. The van der Waals surface area contributed by atoms with E-state index in [1.54, 1.807) is 0 Å². The minimum absolute atomic E-state index is 0.378. The van der Waals surface area contributed by atoms with Crippen LogP contribution in [0.5, 0.6) is 0 Å². The predicted molar refractivity (Wildman–Crippen MR) is 78.7 cm³/mol. The molecule has 2 aliphatic rings. The zero-order valence-electron chi connectivity index (χ0n) is 11.0. The molecule has 0 amide bonds. The number of nitrogens with zero attached hydrogens (tertiary/aromatic N) is 2. The maximum atomic E-state index is 4.61. The average Bonchev–Trinajstić information content (AvgIpc) is 3.01. The second kappa shape index (κ2) is 3.39. The first-order chi connectivity index (χ1) is 9.86. The molecule has 1 saturated carbocycles. The Kier molecular flexibility index (Phi) is 1.77. The number of fused-ring (bicyclic) bond motifs is 3. The molecule has 1 aliphatic heterocycles. The molecule has 4 heteroatoms. The van der Waals surface area contributed by atoms with E-state index in [2.05, 4.69) is 32.5 Å². The van der Waals surface area contributed by atoms with Crippen molar-refractivity contribution in [3.8, 4) is 11.1 Å². The van der Waals surface area contributed by atoms with E-state index in [0.717, 1.165) is 23.3 Å². The zero-order chi connectivity index (χ0) is 13.2. The number of aromatic amines is 1. The molecule has 1 spiro atoms. The monoisotopic (exact) mass is 262 g/mol. The van der Waals surface area contributed by atoms with Crippen LogP contribution in [0, 0.1) is 0 Å². The average molecular weight is 262 g/mol. The van der Waals surface area contributed by atoms with Gasteiger partial charge in [0.15, 0.2) is 0 Å². The molecule has 4 heterocycles. The molecule has 0 aromatic carbocycles. The van der Waals surface area contributed by atoms with Crippen LogP contribution in [0.3, 0.4) is 0 Å². The molecular weight excluding hydrogens is 248 g/mol. The fourth-order valence-corrected chi connectivity index (χ4v) is 3.30. The molecule has 2 N–H and O–H groups in total. The SMILES string of the molecule is c1cc2[nH]cc(-c3cnc4c(c3)C3(CC3)CN4)c2cn1. The van der Waals surface area contributed by atoms with Crippen LogP contribution in [0.25, 0.3) is 22.0 Å². The van der Waals surface area contributed by atoms with E-state index in [1.807, 2.05) is 24.7 Å². The smallest absolute Gasteiger partial charge is 0.129 e. The lowest BCUT2D eigenvalue weighted by atomic mass is 9.97. The van der Waals surface area contributed by atoms with Gasteiger partial charge in [-0.15, -0.1) is 0 Å². The standard InChI is InChI=1S/C16H14N4/c1-4-17-7-12-11(8-18-14(1)12)10-5-13-15(19-6-10)20-9-16(13)2-3-16/h1,4-8,18H,2-3,9H2,(H,19,20). The van der Waals surface area contributed by atoms with Crippen LogP contribution in [0.2, 0.25) is 0 Å². The Hall–Kier alpha value is -2.36. The molecule has 1 fully saturated rings. The van der Waals surface area contributed by atoms with E-state index in [9.17, 15) is 0 Å². The van der Waals surface area contributed by atoms with E-state index in [0.29, 0.717) is 5.41 Å². The number of nitrogens with one attached hydrogen (secondary N) is 2. The maximum absolute atomic E-state index is 4.61. The summed E-state index contributed by atoms with van der Waals surface area (Å²) in [6.07, 6.45) is 10.3. The molecule has 3 aromatic heterocycles. The van der Waals surface area contributed by atoms with Crippen LogP contribution in [-0.2, 0) is 5.41 Å². The number of hydrogen-bond acceptors (Lipinski definition) is 3. The van der Waals surface area contributed by atoms with Gasteiger partial charge in [0.25, 0.3) is 0 Å². The van der Waals surface area contributed by atoms with Crippen molar-refractivity contribution >= 4 is 16.7 Å². The van der Waals surface area contributed by atoms with Gasteiger partial charge in [0, 0.05) is 64.3 Å². The summed E-state index contributed by atoms with van der Waals surface area (Å²) in [6, 6.07) is 4.31. The predicted octanol–water partition coefficient (Wildman–Crippen LogP) is 3.08. The first-order valence-corrected chi connectivity index (χ1v) is 7.02. The van der Waals surface area contributed by atoms with Gasteiger partial charge in [0.1, 0.15) is 5.82 Å². The van der Waals surface area contributed by atoms with E-state index in [1.165, 1.54) is 29.5 Å². The first kappa shape index (κ1) is 10.4. The van der Waals surface area contributed by atoms with Crippen molar-refractivity contribution in [2.24, 2.45) is 0 Å². The van der Waals surface area contributed by atoms with Crippen LogP contribution < -0.4 is 5.32 Å². The minimum atomic E-state index is 0.378. The van der Waals surface area contributed by atoms with Crippen LogP contribution in [0.4, 0.5) is 5.82 Å². The van der Waals surface area contributed by atoms with Crippen molar-refractivity contribution in [3.05, 3.63) is 42.5 Å². The van der Waals surface area contributed by atoms with Crippen molar-refractivity contribution in [3.63, 3.8) is 0 Å². The molecule has 98 valence electrons. The van der Waals surface area contributed by atoms with Crippen molar-refractivity contribution in [2.45, 2.75) is 18.3 Å². The Morgan fingerprint density at radius 3 is 3.05 bits per heavy atom. The van der Waals surface area contributed by atoms with Crippen molar-refractivity contribution < 1.29 is 0 Å². The highest BCUT2D eigenvalue weighted by Crippen LogP contribution is 2.54. The van der Waals surface area contributed by atoms with Gasteiger partial charge >= 0.3 is 0 Å². The summed E-state index contributed by atoms with van der Waals surface area (Å²) in [4.78, 5) is 12.2. The number of anilines is 1. The summed E-state index contributed by atoms with van der Waals surface area (Å²) in [6.45, 7) is 1.05. The number of aromatic nitrogens is 3. The highest BCUT2D eigenvalue weighted by molar-refractivity contribution is 5.95. The fraction of sp³-hybridized carbons (Fsp3) is 0.250. The highest BCUT2D eigenvalue weighted by atomic mass is 15.0. The maximum Gasteiger partial charge on any atom is 0.129 e. The van der Waals surface area contributed by atoms with Gasteiger partial charge in [0.05, 0.1) is 0 Å². The summed E-state index contributed by atoms with van der Waals surface area (Å²) in [7, 11) is 0. The van der Waals surface area contributed by atoms with Gasteiger partial charge in [-0.3, -0.25) is 4.98 Å². The summed E-state index contributed by atoms with van der Waals surface area (Å²) in [5.41, 5.74) is 5.26. The van der Waals surface area contributed by atoms with E-state index < -0.39 is 0 Å². The van der Waals surface area contributed by atoms with Crippen molar-refractivity contribution in [1.82, 2.24) is 15.0 Å². The molecule has 3 aromatic rings. The summed E-state index contributed by atoms with van der Waals surface area (Å²) in [5.74, 6) is 1.07. The number of hydrogen-bond donors (Lipinski definition) is 2. The Morgan fingerprint density at radius 1 is 1.20 bits per heavy atom. The molecule has 0 radical (unpaired) electrons. The van der Waals surface area contributed by atoms with Gasteiger partial charge in [0.2, 0.25) is 0 Å². The lowest BCUT2D eigenvalue weighted by molar-refractivity contribution is 0.778. The molecule has 20 heavy (non-hydrogen) atoms. The molecule has 4 nitrogen and oxygen atoms in total. The Balaban J connectivity index is 1.72. The normalized spacial score (nSPS) is 18.2. The van der Waals surface area contributed by atoms with Crippen molar-refractivity contribution in [2.75, 3.05) is 11.9 Å². The second-order valence-electron chi connectivity index (χ2n) is 5.88. The van der Waals surface area contributed by atoms with E-state index >= 15 is 0 Å². The Bertz CT molecular complexity index is 829. The topological polar surface area (TPSA) is 53.6 Å². The molecule has 0 bridgehead atoms. The summed E-state index contributed by atoms with van der Waals surface area (Å²) < 4.78 is 0. The molecule has 0 saturated heterocycles. The third-order valence-electron chi connectivity index (χ3n) is 4.70. The lowest BCUT2D eigenvalue weighted by Gasteiger charge is -2.07. The van der Waals surface area contributed by atoms with Crippen LogP contribution in [-0.4, -0.2) is 21.5 Å². The van der Waals surface area contributed by atoms with Gasteiger partial charge in [-0.1, -0.05) is 0 Å². The zero-order valence-corrected chi connectivity index (χ0v) is 11.0. The van der Waals surface area contributed by atoms with Crippen LogP contribution in [0.15, 0.2) is 36.9 Å². The third-order valence-corrected chi connectivity index (χ3v) is 4.70. The summed E-state index contributed by atoms with van der Waals surface area (Å²) in [5, 5.41) is 4.59. The minimum Gasteiger partial charge on any atom is -0.369 e.